The summed E-state index contributed by atoms with van der Waals surface area (Å²) in [6.45, 7) is 13.9. The van der Waals surface area contributed by atoms with E-state index in [2.05, 4.69) is 95.3 Å². The van der Waals surface area contributed by atoms with Gasteiger partial charge in [-0.05, 0) is 108 Å². The lowest BCUT2D eigenvalue weighted by atomic mass is 9.48. The Morgan fingerprint density at radius 2 is 1.45 bits per heavy atom. The molecular formula is C41H57ClO2. The molecule has 240 valence electrons. The van der Waals surface area contributed by atoms with Gasteiger partial charge in [-0.15, -0.1) is 11.6 Å². The number of rotatable bonds is 11. The molecule has 0 saturated heterocycles. The van der Waals surface area contributed by atoms with Gasteiger partial charge in [0.1, 0.15) is 0 Å². The van der Waals surface area contributed by atoms with E-state index >= 15 is 0 Å². The molecule has 9 atom stereocenters. The second-order valence-electron chi connectivity index (χ2n) is 15.9. The maximum Gasteiger partial charge on any atom is 0.0801 e. The average Bonchev–Trinajstić information content (AvgIpc) is 3.32. The van der Waals surface area contributed by atoms with Crippen LogP contribution in [0.1, 0.15) is 110 Å². The Bertz CT molecular complexity index is 1260. The lowest BCUT2D eigenvalue weighted by molar-refractivity contribution is -0.0708. The third-order valence-corrected chi connectivity index (χ3v) is 13.1. The monoisotopic (exact) mass is 616 g/mol. The van der Waals surface area contributed by atoms with Gasteiger partial charge in [-0.2, -0.15) is 0 Å². The maximum absolute atomic E-state index is 7.60. The zero-order chi connectivity index (χ0) is 30.9. The minimum Gasteiger partial charge on any atom is -0.374 e. The van der Waals surface area contributed by atoms with Gasteiger partial charge in [0.25, 0.3) is 0 Å². The standard InChI is InChI=1S/C41H57ClO2/c1-28(2)13-12-14-29(3)35-25-37(44-27-31-17-10-7-11-18-31)39-38-34(20-22-41(35,39)5)40(4)21-19-33(23-32(40)24-36(38)42)43-26-30-15-8-6-9-16-30/h6-11,15-18,28-29,32-37H,12-14,19-27H2,1-5H3/t29-,32-,33+,34+,35-,36-,37+,40+,41-/m1/s1. The van der Waals surface area contributed by atoms with Crippen molar-refractivity contribution >= 4 is 11.6 Å². The molecule has 0 N–H and O–H groups in total. The predicted molar refractivity (Wildman–Crippen MR) is 184 cm³/mol. The summed E-state index contributed by atoms with van der Waals surface area (Å²) in [7, 11) is 0. The summed E-state index contributed by atoms with van der Waals surface area (Å²) in [5.74, 6) is 3.33. The highest BCUT2D eigenvalue weighted by molar-refractivity contribution is 6.22. The smallest absolute Gasteiger partial charge is 0.0801 e. The van der Waals surface area contributed by atoms with Crippen molar-refractivity contribution in [2.45, 2.75) is 130 Å². The molecule has 0 heterocycles. The number of hydrogen-bond acceptors (Lipinski definition) is 2. The van der Waals surface area contributed by atoms with E-state index in [-0.39, 0.29) is 16.9 Å². The van der Waals surface area contributed by atoms with E-state index in [9.17, 15) is 0 Å². The molecule has 4 aliphatic carbocycles. The highest BCUT2D eigenvalue weighted by Crippen LogP contribution is 2.67. The fourth-order valence-electron chi connectivity index (χ4n) is 10.2. The third-order valence-electron chi connectivity index (χ3n) is 12.7. The first kappa shape index (κ1) is 32.3. The number of benzene rings is 2. The summed E-state index contributed by atoms with van der Waals surface area (Å²) >= 11 is 7.60. The van der Waals surface area contributed by atoms with Crippen molar-refractivity contribution in [2.24, 2.45) is 40.4 Å². The number of fused-ring (bicyclic) bond motifs is 4. The Morgan fingerprint density at radius 1 is 0.795 bits per heavy atom. The summed E-state index contributed by atoms with van der Waals surface area (Å²) < 4.78 is 13.5. The lowest BCUT2D eigenvalue weighted by Gasteiger charge is -2.58. The predicted octanol–water partition coefficient (Wildman–Crippen LogP) is 11.2. The van der Waals surface area contributed by atoms with E-state index in [4.69, 9.17) is 21.1 Å². The van der Waals surface area contributed by atoms with Crippen LogP contribution < -0.4 is 0 Å². The summed E-state index contributed by atoms with van der Waals surface area (Å²) in [5, 5.41) is 0.110. The van der Waals surface area contributed by atoms with E-state index < -0.39 is 0 Å². The first-order valence-corrected chi connectivity index (χ1v) is 18.3. The first-order chi connectivity index (χ1) is 21.2. The van der Waals surface area contributed by atoms with Crippen LogP contribution in [0, 0.1) is 40.4 Å². The zero-order valence-electron chi connectivity index (χ0n) is 28.1. The highest BCUT2D eigenvalue weighted by Gasteiger charge is 2.60. The van der Waals surface area contributed by atoms with Crippen molar-refractivity contribution in [3.05, 3.63) is 82.9 Å². The number of alkyl halides is 1. The number of allylic oxidation sites excluding steroid dienone is 1. The zero-order valence-corrected chi connectivity index (χ0v) is 28.8. The van der Waals surface area contributed by atoms with Crippen LogP contribution in [0.2, 0.25) is 0 Å². The molecule has 0 aromatic heterocycles. The summed E-state index contributed by atoms with van der Waals surface area (Å²) in [6.07, 6.45) is 12.8. The van der Waals surface area contributed by atoms with Crippen LogP contribution in [0.3, 0.4) is 0 Å². The minimum absolute atomic E-state index is 0.110. The second-order valence-corrected chi connectivity index (χ2v) is 16.4. The Labute approximate surface area is 273 Å². The number of halogens is 1. The average molecular weight is 617 g/mol. The molecule has 3 saturated carbocycles. The van der Waals surface area contributed by atoms with E-state index in [1.54, 1.807) is 11.1 Å². The van der Waals surface area contributed by atoms with Gasteiger partial charge in [-0.1, -0.05) is 115 Å². The minimum atomic E-state index is 0.110. The Hall–Kier alpha value is -1.61. The van der Waals surface area contributed by atoms with Gasteiger partial charge in [0.2, 0.25) is 0 Å². The van der Waals surface area contributed by atoms with Crippen molar-refractivity contribution in [3.8, 4) is 0 Å². The van der Waals surface area contributed by atoms with Crippen LogP contribution in [-0.4, -0.2) is 17.6 Å². The van der Waals surface area contributed by atoms with Gasteiger partial charge >= 0.3 is 0 Å². The van der Waals surface area contributed by atoms with Crippen molar-refractivity contribution in [3.63, 3.8) is 0 Å². The Morgan fingerprint density at radius 3 is 2.11 bits per heavy atom. The summed E-state index contributed by atoms with van der Waals surface area (Å²) in [5.41, 5.74) is 6.27. The Balaban J connectivity index is 1.25. The molecule has 3 heteroatoms. The van der Waals surface area contributed by atoms with Crippen LogP contribution in [0.4, 0.5) is 0 Å². The quantitative estimate of drug-likeness (QED) is 0.185. The summed E-state index contributed by atoms with van der Waals surface area (Å²) in [4.78, 5) is 0. The van der Waals surface area contributed by atoms with Crippen LogP contribution >= 0.6 is 11.6 Å². The first-order valence-electron chi connectivity index (χ1n) is 17.9. The fourth-order valence-corrected chi connectivity index (χ4v) is 10.7. The molecule has 2 aromatic carbocycles. The fraction of sp³-hybridized carbons (Fsp3) is 0.659. The van der Waals surface area contributed by atoms with Crippen LogP contribution in [-0.2, 0) is 22.7 Å². The number of hydrogen-bond donors (Lipinski definition) is 0. The van der Waals surface area contributed by atoms with Gasteiger partial charge in [0, 0.05) is 0 Å². The van der Waals surface area contributed by atoms with Crippen molar-refractivity contribution in [1.82, 2.24) is 0 Å². The van der Waals surface area contributed by atoms with Gasteiger partial charge in [-0.25, -0.2) is 0 Å². The van der Waals surface area contributed by atoms with Gasteiger partial charge in [0.05, 0.1) is 30.8 Å². The van der Waals surface area contributed by atoms with Crippen molar-refractivity contribution in [1.29, 1.82) is 0 Å². The highest BCUT2D eigenvalue weighted by atomic mass is 35.5. The second kappa shape index (κ2) is 13.6. The van der Waals surface area contributed by atoms with Crippen molar-refractivity contribution < 1.29 is 9.47 Å². The van der Waals surface area contributed by atoms with Gasteiger partial charge < -0.3 is 9.47 Å². The molecule has 6 rings (SSSR count). The van der Waals surface area contributed by atoms with Crippen LogP contribution in [0.5, 0.6) is 0 Å². The normalized spacial score (nSPS) is 35.7. The van der Waals surface area contributed by atoms with Crippen LogP contribution in [0.25, 0.3) is 0 Å². The molecule has 0 amide bonds. The molecule has 0 bridgehead atoms. The SMILES string of the molecule is CC(C)CCC[C@@H](C)[C@H]1C[C@H](OCc2ccccc2)C2=C3[C@H](Cl)C[C@H]4C[C@@H](OCc5ccccc5)CC[C@]4(C)[C@H]3CC[C@@]21C. The molecule has 0 spiro atoms. The molecule has 2 nitrogen and oxygen atoms in total. The topological polar surface area (TPSA) is 18.5 Å². The van der Waals surface area contributed by atoms with E-state index in [0.29, 0.717) is 48.4 Å². The third kappa shape index (κ3) is 6.47. The molecule has 0 radical (unpaired) electrons. The molecule has 44 heavy (non-hydrogen) atoms. The molecule has 2 aromatic rings. The van der Waals surface area contributed by atoms with E-state index in [1.165, 1.54) is 49.7 Å². The largest absolute Gasteiger partial charge is 0.374 e. The molecule has 0 unspecified atom stereocenters. The molecule has 3 fully saturated rings. The Kier molecular flexibility index (Phi) is 10.0. The summed E-state index contributed by atoms with van der Waals surface area (Å²) in [6, 6.07) is 21.4. The number of ether oxygens (including phenoxy) is 2. The maximum atomic E-state index is 7.60. The van der Waals surface area contributed by atoms with Crippen LogP contribution in [0.15, 0.2) is 71.8 Å². The van der Waals surface area contributed by atoms with E-state index in [0.717, 1.165) is 31.6 Å². The lowest BCUT2D eigenvalue weighted by Crippen LogP contribution is -2.51. The molecular weight excluding hydrogens is 560 g/mol. The molecule has 4 aliphatic rings. The van der Waals surface area contributed by atoms with E-state index in [1.807, 2.05) is 0 Å². The van der Waals surface area contributed by atoms with Gasteiger partial charge in [0.15, 0.2) is 0 Å². The van der Waals surface area contributed by atoms with Gasteiger partial charge in [-0.3, -0.25) is 0 Å². The van der Waals surface area contributed by atoms with Crippen molar-refractivity contribution in [2.75, 3.05) is 0 Å². The molecule has 0 aliphatic heterocycles.